The second kappa shape index (κ2) is 5.35. The lowest BCUT2D eigenvalue weighted by Gasteiger charge is -2.05. The van der Waals surface area contributed by atoms with Crippen LogP contribution in [0.3, 0.4) is 0 Å². The predicted molar refractivity (Wildman–Crippen MR) is 70.2 cm³/mol. The molecular weight excluding hydrogens is 256 g/mol. The summed E-state index contributed by atoms with van der Waals surface area (Å²) in [4.78, 5) is 9.40. The molecule has 4 nitrogen and oxygen atoms in total. The quantitative estimate of drug-likeness (QED) is 0.508. The Kier molecular flexibility index (Phi) is 3.83. The van der Waals surface area contributed by atoms with Crippen molar-refractivity contribution in [1.29, 1.82) is 0 Å². The van der Waals surface area contributed by atoms with E-state index < -0.39 is 0 Å². The molecule has 0 spiro atoms. The Hall–Kier alpha value is -1.30. The SMILES string of the molecule is Cc1cc(Sc2cccc(Cl)c2)nc(NN)n1. The van der Waals surface area contributed by atoms with Crippen molar-refractivity contribution in [2.45, 2.75) is 16.8 Å². The Morgan fingerprint density at radius 3 is 2.82 bits per heavy atom. The number of nitrogen functional groups attached to an aromatic ring is 1. The molecule has 2 aromatic rings. The molecule has 1 aromatic carbocycles. The Bertz CT molecular complexity index is 533. The first-order valence-electron chi connectivity index (χ1n) is 4.93. The van der Waals surface area contributed by atoms with Crippen molar-refractivity contribution in [2.24, 2.45) is 5.84 Å². The van der Waals surface area contributed by atoms with E-state index in [2.05, 4.69) is 15.4 Å². The van der Waals surface area contributed by atoms with Crippen molar-refractivity contribution >= 4 is 29.3 Å². The van der Waals surface area contributed by atoms with E-state index in [1.165, 1.54) is 11.8 Å². The molecule has 0 aliphatic carbocycles. The lowest BCUT2D eigenvalue weighted by atomic mass is 10.4. The van der Waals surface area contributed by atoms with Gasteiger partial charge in [0.05, 0.1) is 0 Å². The number of nitrogens with one attached hydrogen (secondary N) is 1. The number of hydrogen-bond donors (Lipinski definition) is 2. The number of hydrazine groups is 1. The van der Waals surface area contributed by atoms with E-state index in [9.17, 15) is 0 Å². The molecule has 0 unspecified atom stereocenters. The fourth-order valence-electron chi connectivity index (χ4n) is 1.31. The average Bonchev–Trinajstić information content (AvgIpc) is 2.28. The molecule has 1 aromatic heterocycles. The van der Waals surface area contributed by atoms with Gasteiger partial charge in [-0.2, -0.15) is 0 Å². The highest BCUT2D eigenvalue weighted by Crippen LogP contribution is 2.28. The van der Waals surface area contributed by atoms with Gasteiger partial charge in [0.2, 0.25) is 5.95 Å². The minimum Gasteiger partial charge on any atom is -0.292 e. The van der Waals surface area contributed by atoms with Crippen LogP contribution < -0.4 is 11.3 Å². The zero-order valence-corrected chi connectivity index (χ0v) is 10.7. The number of halogens is 1. The first-order chi connectivity index (χ1) is 8.17. The smallest absolute Gasteiger partial charge is 0.238 e. The van der Waals surface area contributed by atoms with Gasteiger partial charge in [-0.05, 0) is 31.2 Å². The summed E-state index contributed by atoms with van der Waals surface area (Å²) in [5.41, 5.74) is 3.30. The Morgan fingerprint density at radius 1 is 1.29 bits per heavy atom. The number of rotatable bonds is 3. The zero-order chi connectivity index (χ0) is 12.3. The molecule has 0 saturated heterocycles. The van der Waals surface area contributed by atoms with Gasteiger partial charge in [-0.25, -0.2) is 15.8 Å². The van der Waals surface area contributed by atoms with Gasteiger partial charge in [-0.1, -0.05) is 29.4 Å². The number of aryl methyl sites for hydroxylation is 1. The Labute approximate surface area is 109 Å². The van der Waals surface area contributed by atoms with E-state index in [-0.39, 0.29) is 0 Å². The van der Waals surface area contributed by atoms with Gasteiger partial charge in [-0.15, -0.1) is 0 Å². The van der Waals surface area contributed by atoms with Crippen molar-refractivity contribution in [1.82, 2.24) is 9.97 Å². The maximum absolute atomic E-state index is 5.92. The third kappa shape index (κ3) is 3.33. The molecule has 0 aliphatic heterocycles. The highest BCUT2D eigenvalue weighted by Gasteiger charge is 2.03. The summed E-state index contributed by atoms with van der Waals surface area (Å²) in [6, 6.07) is 9.50. The van der Waals surface area contributed by atoms with Crippen LogP contribution in [0.15, 0.2) is 40.3 Å². The van der Waals surface area contributed by atoms with Gasteiger partial charge in [0.15, 0.2) is 0 Å². The number of nitrogens with two attached hydrogens (primary N) is 1. The van der Waals surface area contributed by atoms with E-state index in [1.54, 1.807) is 0 Å². The minimum atomic E-state index is 0.412. The van der Waals surface area contributed by atoms with Crippen LogP contribution in [0.25, 0.3) is 0 Å². The number of nitrogens with zero attached hydrogens (tertiary/aromatic N) is 2. The molecule has 2 rings (SSSR count). The summed E-state index contributed by atoms with van der Waals surface area (Å²) in [6.45, 7) is 1.89. The summed E-state index contributed by atoms with van der Waals surface area (Å²) in [5, 5.41) is 1.53. The summed E-state index contributed by atoms with van der Waals surface area (Å²) >= 11 is 7.44. The van der Waals surface area contributed by atoms with Crippen molar-refractivity contribution in [3.05, 3.63) is 41.0 Å². The molecule has 0 amide bonds. The number of aromatic nitrogens is 2. The number of benzene rings is 1. The third-order valence-corrected chi connectivity index (χ3v) is 3.12. The van der Waals surface area contributed by atoms with Crippen LogP contribution >= 0.6 is 23.4 Å². The second-order valence-electron chi connectivity index (χ2n) is 3.37. The van der Waals surface area contributed by atoms with Crippen molar-refractivity contribution in [3.63, 3.8) is 0 Å². The molecule has 0 atom stereocenters. The molecule has 0 radical (unpaired) electrons. The van der Waals surface area contributed by atoms with Gasteiger partial charge in [0.1, 0.15) is 5.03 Å². The first kappa shape index (κ1) is 12.2. The molecule has 17 heavy (non-hydrogen) atoms. The Morgan fingerprint density at radius 2 is 2.12 bits per heavy atom. The van der Waals surface area contributed by atoms with Crippen LogP contribution in [0, 0.1) is 6.92 Å². The van der Waals surface area contributed by atoms with E-state index in [0.29, 0.717) is 11.0 Å². The normalized spacial score (nSPS) is 10.3. The average molecular weight is 267 g/mol. The largest absolute Gasteiger partial charge is 0.292 e. The predicted octanol–water partition coefficient (Wildman–Crippen LogP) is 2.88. The van der Waals surface area contributed by atoms with Crippen molar-refractivity contribution in [3.8, 4) is 0 Å². The molecule has 3 N–H and O–H groups in total. The maximum Gasteiger partial charge on any atom is 0.238 e. The number of hydrogen-bond acceptors (Lipinski definition) is 5. The molecular formula is C11H11ClN4S. The molecule has 1 heterocycles. The Balaban J connectivity index is 2.26. The van der Waals surface area contributed by atoms with Gasteiger partial charge in [-0.3, -0.25) is 5.43 Å². The highest BCUT2D eigenvalue weighted by atomic mass is 35.5. The van der Waals surface area contributed by atoms with Crippen LogP contribution in [0.5, 0.6) is 0 Å². The maximum atomic E-state index is 5.92. The van der Waals surface area contributed by atoms with Gasteiger partial charge >= 0.3 is 0 Å². The van der Waals surface area contributed by atoms with E-state index >= 15 is 0 Å². The van der Waals surface area contributed by atoms with Gasteiger partial charge < -0.3 is 0 Å². The van der Waals surface area contributed by atoms with Gasteiger partial charge in [0.25, 0.3) is 0 Å². The topological polar surface area (TPSA) is 63.8 Å². The van der Waals surface area contributed by atoms with Crippen LogP contribution in [0.1, 0.15) is 5.69 Å². The molecule has 0 aliphatic rings. The molecule has 0 bridgehead atoms. The van der Waals surface area contributed by atoms with Crippen LogP contribution in [0.2, 0.25) is 5.02 Å². The third-order valence-electron chi connectivity index (χ3n) is 1.98. The number of anilines is 1. The zero-order valence-electron chi connectivity index (χ0n) is 9.14. The van der Waals surface area contributed by atoms with E-state index in [0.717, 1.165) is 15.6 Å². The highest BCUT2D eigenvalue weighted by molar-refractivity contribution is 7.99. The summed E-state index contributed by atoms with van der Waals surface area (Å²) < 4.78 is 0. The molecule has 88 valence electrons. The van der Waals surface area contributed by atoms with E-state index in [4.69, 9.17) is 17.4 Å². The molecule has 0 saturated carbocycles. The lowest BCUT2D eigenvalue weighted by molar-refractivity contribution is 0.994. The van der Waals surface area contributed by atoms with E-state index in [1.807, 2.05) is 37.3 Å². The van der Waals surface area contributed by atoms with Crippen LogP contribution in [-0.4, -0.2) is 9.97 Å². The minimum absolute atomic E-state index is 0.412. The molecule has 6 heteroatoms. The first-order valence-corrected chi connectivity index (χ1v) is 6.12. The fraction of sp³-hybridized carbons (Fsp3) is 0.0909. The standard InChI is InChI=1S/C11H11ClN4S/c1-7-5-10(15-11(14-7)16-13)17-9-4-2-3-8(12)6-9/h2-6H,13H2,1H3,(H,14,15,16). The second-order valence-corrected chi connectivity index (χ2v) is 4.91. The summed E-state index contributed by atoms with van der Waals surface area (Å²) in [6.07, 6.45) is 0. The van der Waals surface area contributed by atoms with Crippen LogP contribution in [-0.2, 0) is 0 Å². The van der Waals surface area contributed by atoms with Crippen molar-refractivity contribution < 1.29 is 0 Å². The monoisotopic (exact) mass is 266 g/mol. The van der Waals surface area contributed by atoms with Crippen LogP contribution in [0.4, 0.5) is 5.95 Å². The van der Waals surface area contributed by atoms with Crippen molar-refractivity contribution in [2.75, 3.05) is 5.43 Å². The molecule has 0 fully saturated rings. The van der Waals surface area contributed by atoms with Gasteiger partial charge in [0, 0.05) is 15.6 Å². The fourth-order valence-corrected chi connectivity index (χ4v) is 2.50. The summed E-state index contributed by atoms with van der Waals surface area (Å²) in [5.74, 6) is 5.71. The summed E-state index contributed by atoms with van der Waals surface area (Å²) in [7, 11) is 0. The lowest BCUT2D eigenvalue weighted by Crippen LogP contribution is -2.11.